The summed E-state index contributed by atoms with van der Waals surface area (Å²) < 4.78 is 37.3. The van der Waals surface area contributed by atoms with Crippen LogP contribution in [0.5, 0.6) is 0 Å². The van der Waals surface area contributed by atoms with Crippen LogP contribution in [0.25, 0.3) is 0 Å². The highest BCUT2D eigenvalue weighted by molar-refractivity contribution is 6.42. The number of ketones is 1. The highest BCUT2D eigenvalue weighted by Gasteiger charge is 2.29. The molecule has 0 aliphatic rings. The van der Waals surface area contributed by atoms with E-state index >= 15 is 0 Å². The summed E-state index contributed by atoms with van der Waals surface area (Å²) in [5.41, 5.74) is 0.122. The minimum absolute atomic E-state index is 0.00387. The number of alkyl halides is 3. The molecule has 110 valence electrons. The zero-order chi connectivity index (χ0) is 15.6. The molecule has 0 aliphatic heterocycles. The monoisotopic (exact) mass is 332 g/mol. The Morgan fingerprint density at radius 3 is 2.10 bits per heavy atom. The largest absolute Gasteiger partial charge is 0.416 e. The summed E-state index contributed by atoms with van der Waals surface area (Å²) in [5.74, 6) is -0.242. The first-order chi connectivity index (χ1) is 9.77. The van der Waals surface area contributed by atoms with Gasteiger partial charge in [-0.15, -0.1) is 0 Å². The molecule has 0 N–H and O–H groups in total. The summed E-state index contributed by atoms with van der Waals surface area (Å²) in [7, 11) is 0. The average molecular weight is 333 g/mol. The maximum absolute atomic E-state index is 12.4. The first-order valence-corrected chi connectivity index (χ1v) is 6.67. The summed E-state index contributed by atoms with van der Waals surface area (Å²) in [4.78, 5) is 12.0. The lowest BCUT2D eigenvalue weighted by molar-refractivity contribution is -0.137. The van der Waals surface area contributed by atoms with Gasteiger partial charge in [0, 0.05) is 12.0 Å². The van der Waals surface area contributed by atoms with Crippen LogP contribution in [0.4, 0.5) is 13.2 Å². The second kappa shape index (κ2) is 6.08. The summed E-state index contributed by atoms with van der Waals surface area (Å²) >= 11 is 11.6. The molecular formula is C15H9Cl2F3O. The van der Waals surface area contributed by atoms with E-state index in [2.05, 4.69) is 0 Å². The van der Waals surface area contributed by atoms with E-state index in [1.807, 2.05) is 0 Å². The molecule has 0 atom stereocenters. The van der Waals surface area contributed by atoms with Gasteiger partial charge in [-0.2, -0.15) is 13.2 Å². The van der Waals surface area contributed by atoms with Crippen LogP contribution >= 0.6 is 23.2 Å². The summed E-state index contributed by atoms with van der Waals surface area (Å²) in [6, 6.07) is 8.96. The van der Waals surface area contributed by atoms with E-state index in [1.54, 1.807) is 0 Å². The average Bonchev–Trinajstić information content (AvgIpc) is 2.41. The number of Topliss-reactive ketones (excluding diaryl/α,β-unsaturated/α-hetero) is 1. The Morgan fingerprint density at radius 2 is 1.57 bits per heavy atom. The molecule has 0 amide bonds. The maximum atomic E-state index is 12.4. The Balaban J connectivity index is 2.14. The van der Waals surface area contributed by atoms with Crippen LogP contribution in [-0.4, -0.2) is 5.78 Å². The third-order valence-electron chi connectivity index (χ3n) is 2.89. The third-order valence-corrected chi connectivity index (χ3v) is 3.63. The van der Waals surface area contributed by atoms with Crippen molar-refractivity contribution >= 4 is 29.0 Å². The second-order valence-corrected chi connectivity index (χ2v) is 5.24. The van der Waals surface area contributed by atoms with Crippen molar-refractivity contribution in [1.82, 2.24) is 0 Å². The van der Waals surface area contributed by atoms with Gasteiger partial charge in [-0.1, -0.05) is 35.3 Å². The normalized spacial score (nSPS) is 11.5. The Labute approximate surface area is 129 Å². The van der Waals surface area contributed by atoms with Crippen molar-refractivity contribution in [3.8, 4) is 0 Å². The van der Waals surface area contributed by atoms with E-state index < -0.39 is 11.7 Å². The van der Waals surface area contributed by atoms with Gasteiger partial charge in [0.05, 0.1) is 15.6 Å². The van der Waals surface area contributed by atoms with Crippen molar-refractivity contribution in [3.63, 3.8) is 0 Å². The van der Waals surface area contributed by atoms with Crippen LogP contribution in [0.2, 0.25) is 10.0 Å². The number of benzene rings is 2. The van der Waals surface area contributed by atoms with Crippen molar-refractivity contribution in [2.75, 3.05) is 0 Å². The van der Waals surface area contributed by atoms with Gasteiger partial charge in [-0.25, -0.2) is 0 Å². The Bertz CT molecular complexity index is 664. The van der Waals surface area contributed by atoms with Gasteiger partial charge < -0.3 is 0 Å². The van der Waals surface area contributed by atoms with Crippen molar-refractivity contribution < 1.29 is 18.0 Å². The highest BCUT2D eigenvalue weighted by Crippen LogP contribution is 2.29. The third kappa shape index (κ3) is 3.99. The standard InChI is InChI=1S/C15H9Cl2F3O/c16-12-6-3-10(8-13(12)17)14(21)7-9-1-4-11(5-2-9)15(18,19)20/h1-6,8H,7H2. The molecule has 2 rings (SSSR count). The zero-order valence-electron chi connectivity index (χ0n) is 10.5. The molecule has 0 unspecified atom stereocenters. The van der Waals surface area contributed by atoms with Gasteiger partial charge in [-0.05, 0) is 35.9 Å². The van der Waals surface area contributed by atoms with Crippen LogP contribution in [-0.2, 0) is 12.6 Å². The minimum Gasteiger partial charge on any atom is -0.294 e. The molecule has 0 saturated carbocycles. The maximum Gasteiger partial charge on any atom is 0.416 e. The molecule has 0 heterocycles. The number of rotatable bonds is 3. The van der Waals surface area contributed by atoms with Gasteiger partial charge in [-0.3, -0.25) is 4.79 Å². The topological polar surface area (TPSA) is 17.1 Å². The second-order valence-electron chi connectivity index (χ2n) is 4.42. The SMILES string of the molecule is O=C(Cc1ccc(C(F)(F)F)cc1)c1ccc(Cl)c(Cl)c1. The number of carbonyl (C=O) groups excluding carboxylic acids is 1. The Hall–Kier alpha value is -1.52. The van der Waals surface area contributed by atoms with Crippen LogP contribution < -0.4 is 0 Å². The van der Waals surface area contributed by atoms with Crippen LogP contribution in [0.1, 0.15) is 21.5 Å². The van der Waals surface area contributed by atoms with Gasteiger partial charge in [0.15, 0.2) is 5.78 Å². The lowest BCUT2D eigenvalue weighted by Gasteiger charge is -2.07. The number of hydrogen-bond acceptors (Lipinski definition) is 1. The molecule has 2 aromatic carbocycles. The fourth-order valence-corrected chi connectivity index (χ4v) is 2.07. The Kier molecular flexibility index (Phi) is 4.59. The summed E-state index contributed by atoms with van der Waals surface area (Å²) in [6.07, 6.45) is -4.39. The summed E-state index contributed by atoms with van der Waals surface area (Å²) in [5, 5.41) is 0.595. The first kappa shape index (κ1) is 15.9. The van der Waals surface area contributed by atoms with Crippen molar-refractivity contribution in [2.24, 2.45) is 0 Å². The van der Waals surface area contributed by atoms with Crippen molar-refractivity contribution in [1.29, 1.82) is 0 Å². The molecule has 0 aromatic heterocycles. The molecular weight excluding hydrogens is 324 g/mol. The molecule has 1 nitrogen and oxygen atoms in total. The molecule has 21 heavy (non-hydrogen) atoms. The van der Waals surface area contributed by atoms with Crippen LogP contribution in [0.3, 0.4) is 0 Å². The van der Waals surface area contributed by atoms with Gasteiger partial charge in [0.25, 0.3) is 0 Å². The number of hydrogen-bond donors (Lipinski definition) is 0. The molecule has 0 radical (unpaired) electrons. The van der Waals surface area contributed by atoms with Crippen LogP contribution in [0.15, 0.2) is 42.5 Å². The van der Waals surface area contributed by atoms with Gasteiger partial charge in [0.1, 0.15) is 0 Å². The van der Waals surface area contributed by atoms with E-state index in [-0.39, 0.29) is 17.2 Å². The molecule has 0 saturated heterocycles. The van der Waals surface area contributed by atoms with Gasteiger partial charge in [0.2, 0.25) is 0 Å². The van der Waals surface area contributed by atoms with Gasteiger partial charge >= 0.3 is 6.18 Å². The van der Waals surface area contributed by atoms with E-state index in [0.717, 1.165) is 12.1 Å². The quantitative estimate of drug-likeness (QED) is 0.684. The van der Waals surface area contributed by atoms with Crippen LogP contribution in [0, 0.1) is 0 Å². The Morgan fingerprint density at radius 1 is 0.952 bits per heavy atom. The van der Waals surface area contributed by atoms with E-state index in [4.69, 9.17) is 23.2 Å². The van der Waals surface area contributed by atoms with Crippen molar-refractivity contribution in [3.05, 3.63) is 69.2 Å². The molecule has 0 fully saturated rings. The predicted molar refractivity (Wildman–Crippen MR) is 75.9 cm³/mol. The fraction of sp³-hybridized carbons (Fsp3) is 0.133. The summed E-state index contributed by atoms with van der Waals surface area (Å²) in [6.45, 7) is 0. The smallest absolute Gasteiger partial charge is 0.294 e. The van der Waals surface area contributed by atoms with Crippen molar-refractivity contribution in [2.45, 2.75) is 12.6 Å². The van der Waals surface area contributed by atoms with E-state index in [0.29, 0.717) is 16.1 Å². The molecule has 0 spiro atoms. The first-order valence-electron chi connectivity index (χ1n) is 5.92. The van der Waals surface area contributed by atoms with E-state index in [9.17, 15) is 18.0 Å². The molecule has 0 aliphatic carbocycles. The van der Waals surface area contributed by atoms with E-state index in [1.165, 1.54) is 30.3 Å². The lowest BCUT2D eigenvalue weighted by atomic mass is 10.0. The zero-order valence-corrected chi connectivity index (χ0v) is 12.1. The number of halogens is 5. The molecule has 2 aromatic rings. The minimum atomic E-state index is -4.38. The predicted octanol–water partition coefficient (Wildman–Crippen LogP) is 5.44. The lowest BCUT2D eigenvalue weighted by Crippen LogP contribution is -2.06. The number of carbonyl (C=O) groups is 1. The highest BCUT2D eigenvalue weighted by atomic mass is 35.5. The molecule has 6 heteroatoms. The fourth-order valence-electron chi connectivity index (χ4n) is 1.77. The molecule has 0 bridgehead atoms.